The lowest BCUT2D eigenvalue weighted by molar-refractivity contribution is -0.122. The summed E-state index contributed by atoms with van der Waals surface area (Å²) < 4.78 is 1.84. The summed E-state index contributed by atoms with van der Waals surface area (Å²) in [6.45, 7) is 8.37. The first-order valence-electron chi connectivity index (χ1n) is 9.39. The quantitative estimate of drug-likeness (QED) is 0.797. The molecule has 2 aromatic rings. The molecule has 2 heterocycles. The van der Waals surface area contributed by atoms with Crippen LogP contribution in [-0.4, -0.2) is 39.2 Å². The molecule has 1 aliphatic rings. The SMILES string of the molecule is CCCNC(=O)C(C)NC(=O)c1cc(C2CC2)nc2c1cnn2C(C)C. The number of hydrogen-bond donors (Lipinski definition) is 2. The second-order valence-corrected chi connectivity index (χ2v) is 7.28. The van der Waals surface area contributed by atoms with E-state index in [0.717, 1.165) is 36.0 Å². The first-order chi connectivity index (χ1) is 12.4. The lowest BCUT2D eigenvalue weighted by atomic mass is 10.1. The van der Waals surface area contributed by atoms with Crippen LogP contribution >= 0.6 is 0 Å². The third-order valence-corrected chi connectivity index (χ3v) is 4.61. The van der Waals surface area contributed by atoms with Gasteiger partial charge in [0.15, 0.2) is 5.65 Å². The topological polar surface area (TPSA) is 88.9 Å². The van der Waals surface area contributed by atoms with Crippen molar-refractivity contribution in [3.63, 3.8) is 0 Å². The molecule has 2 aromatic heterocycles. The van der Waals surface area contributed by atoms with Crippen molar-refractivity contribution < 1.29 is 9.59 Å². The van der Waals surface area contributed by atoms with Gasteiger partial charge in [0.1, 0.15) is 6.04 Å². The largest absolute Gasteiger partial charge is 0.354 e. The third-order valence-electron chi connectivity index (χ3n) is 4.61. The number of carbonyl (C=O) groups excluding carboxylic acids is 2. The standard InChI is InChI=1S/C19H27N5O2/c1-5-8-20-18(25)12(4)22-19(26)14-9-16(13-6-7-13)23-17-15(14)10-21-24(17)11(2)3/h9-13H,5-8H2,1-4H3,(H,20,25)(H,22,26). The van der Waals surface area contributed by atoms with Gasteiger partial charge in [0.25, 0.3) is 5.91 Å². The van der Waals surface area contributed by atoms with E-state index in [0.29, 0.717) is 18.0 Å². The minimum Gasteiger partial charge on any atom is -0.354 e. The Balaban J connectivity index is 1.90. The highest BCUT2D eigenvalue weighted by atomic mass is 16.2. The molecule has 1 aliphatic carbocycles. The van der Waals surface area contributed by atoms with Gasteiger partial charge in [0, 0.05) is 24.2 Å². The van der Waals surface area contributed by atoms with Crippen LogP contribution < -0.4 is 10.6 Å². The zero-order valence-corrected chi connectivity index (χ0v) is 15.9. The summed E-state index contributed by atoms with van der Waals surface area (Å²) in [4.78, 5) is 29.7. The number of carbonyl (C=O) groups is 2. The first kappa shape index (κ1) is 18.4. The molecule has 0 radical (unpaired) electrons. The van der Waals surface area contributed by atoms with Gasteiger partial charge in [-0.2, -0.15) is 5.10 Å². The summed E-state index contributed by atoms with van der Waals surface area (Å²) in [6.07, 6.45) is 4.75. The molecule has 0 spiro atoms. The van der Waals surface area contributed by atoms with Gasteiger partial charge >= 0.3 is 0 Å². The molecule has 3 rings (SSSR count). The highest BCUT2D eigenvalue weighted by Crippen LogP contribution is 2.40. The first-order valence-corrected chi connectivity index (χ1v) is 9.39. The Labute approximate surface area is 153 Å². The van der Waals surface area contributed by atoms with Crippen LogP contribution in [-0.2, 0) is 4.79 Å². The van der Waals surface area contributed by atoms with Crippen LogP contribution in [0.1, 0.15) is 75.0 Å². The van der Waals surface area contributed by atoms with E-state index in [2.05, 4.69) is 15.7 Å². The molecule has 26 heavy (non-hydrogen) atoms. The van der Waals surface area contributed by atoms with Crippen molar-refractivity contribution in [3.05, 3.63) is 23.5 Å². The van der Waals surface area contributed by atoms with Crippen LogP contribution in [0, 0.1) is 0 Å². The van der Waals surface area contributed by atoms with Crippen molar-refractivity contribution in [1.82, 2.24) is 25.4 Å². The van der Waals surface area contributed by atoms with E-state index in [-0.39, 0.29) is 17.9 Å². The molecule has 1 atom stereocenters. The number of aromatic nitrogens is 3. The molecule has 7 nitrogen and oxygen atoms in total. The summed E-state index contributed by atoms with van der Waals surface area (Å²) in [5.74, 6) is -0.0146. The maximum atomic E-state index is 12.9. The summed E-state index contributed by atoms with van der Waals surface area (Å²) in [7, 11) is 0. The zero-order chi connectivity index (χ0) is 18.8. The lowest BCUT2D eigenvalue weighted by Crippen LogP contribution is -2.45. The molecule has 0 saturated heterocycles. The highest BCUT2D eigenvalue weighted by molar-refractivity contribution is 6.06. The maximum Gasteiger partial charge on any atom is 0.252 e. The van der Waals surface area contributed by atoms with Crippen LogP contribution in [0.2, 0.25) is 0 Å². The Morgan fingerprint density at radius 2 is 2.04 bits per heavy atom. The number of pyridine rings is 1. The van der Waals surface area contributed by atoms with Gasteiger partial charge in [-0.05, 0) is 46.1 Å². The van der Waals surface area contributed by atoms with Crippen LogP contribution in [0.3, 0.4) is 0 Å². The highest BCUT2D eigenvalue weighted by Gasteiger charge is 2.28. The van der Waals surface area contributed by atoms with Crippen LogP contribution in [0.5, 0.6) is 0 Å². The monoisotopic (exact) mass is 357 g/mol. The molecular formula is C19H27N5O2. The molecule has 2 N–H and O–H groups in total. The third kappa shape index (κ3) is 3.71. The second-order valence-electron chi connectivity index (χ2n) is 7.28. The molecule has 0 aromatic carbocycles. The van der Waals surface area contributed by atoms with Gasteiger partial charge in [-0.3, -0.25) is 9.59 Å². The summed E-state index contributed by atoms with van der Waals surface area (Å²) in [5.41, 5.74) is 2.21. The molecule has 0 bridgehead atoms. The van der Waals surface area contributed by atoms with Gasteiger partial charge in [-0.15, -0.1) is 0 Å². The van der Waals surface area contributed by atoms with E-state index < -0.39 is 6.04 Å². The minimum atomic E-state index is -0.596. The second kappa shape index (κ2) is 7.43. The molecule has 0 aliphatic heterocycles. The number of fused-ring (bicyclic) bond motifs is 1. The summed E-state index contributed by atoms with van der Waals surface area (Å²) in [6, 6.07) is 1.42. The van der Waals surface area contributed by atoms with Crippen molar-refractivity contribution >= 4 is 22.8 Å². The van der Waals surface area contributed by atoms with E-state index in [1.807, 2.05) is 31.5 Å². The molecule has 140 valence electrons. The number of amides is 2. The van der Waals surface area contributed by atoms with Crippen molar-refractivity contribution in [2.75, 3.05) is 6.54 Å². The molecule has 1 fully saturated rings. The Bertz CT molecular complexity index is 823. The Morgan fingerprint density at radius 3 is 2.65 bits per heavy atom. The van der Waals surface area contributed by atoms with E-state index in [4.69, 9.17) is 4.98 Å². The fourth-order valence-corrected chi connectivity index (χ4v) is 2.93. The minimum absolute atomic E-state index is 0.157. The Morgan fingerprint density at radius 1 is 1.31 bits per heavy atom. The van der Waals surface area contributed by atoms with Crippen molar-refractivity contribution in [1.29, 1.82) is 0 Å². The average molecular weight is 357 g/mol. The van der Waals surface area contributed by atoms with E-state index in [1.54, 1.807) is 13.1 Å². The van der Waals surface area contributed by atoms with Crippen molar-refractivity contribution in [3.8, 4) is 0 Å². The maximum absolute atomic E-state index is 12.9. The summed E-state index contributed by atoms with van der Waals surface area (Å²) in [5, 5.41) is 10.7. The number of hydrogen-bond acceptors (Lipinski definition) is 4. The van der Waals surface area contributed by atoms with Gasteiger partial charge in [-0.1, -0.05) is 6.92 Å². The number of rotatable bonds is 7. The van der Waals surface area contributed by atoms with E-state index in [1.165, 1.54) is 0 Å². The van der Waals surface area contributed by atoms with Gasteiger partial charge < -0.3 is 10.6 Å². The van der Waals surface area contributed by atoms with Crippen LogP contribution in [0.4, 0.5) is 0 Å². The molecule has 1 saturated carbocycles. The molecule has 2 amide bonds. The Kier molecular flexibility index (Phi) is 5.25. The fraction of sp³-hybridized carbons (Fsp3) is 0.579. The predicted molar refractivity (Wildman–Crippen MR) is 100 cm³/mol. The average Bonchev–Trinajstić information content (AvgIpc) is 3.37. The fourth-order valence-electron chi connectivity index (χ4n) is 2.93. The Hall–Kier alpha value is -2.44. The lowest BCUT2D eigenvalue weighted by Gasteiger charge is -2.15. The normalized spacial score (nSPS) is 15.3. The molecular weight excluding hydrogens is 330 g/mol. The van der Waals surface area contributed by atoms with E-state index >= 15 is 0 Å². The predicted octanol–water partition coefficient (Wildman–Crippen LogP) is 2.53. The van der Waals surface area contributed by atoms with Gasteiger partial charge in [-0.25, -0.2) is 9.67 Å². The van der Waals surface area contributed by atoms with Crippen molar-refractivity contribution in [2.45, 2.75) is 65.0 Å². The van der Waals surface area contributed by atoms with Crippen molar-refractivity contribution in [2.24, 2.45) is 0 Å². The zero-order valence-electron chi connectivity index (χ0n) is 15.9. The number of nitrogens with one attached hydrogen (secondary N) is 2. The van der Waals surface area contributed by atoms with Crippen LogP contribution in [0.25, 0.3) is 11.0 Å². The summed E-state index contributed by atoms with van der Waals surface area (Å²) >= 11 is 0. The smallest absolute Gasteiger partial charge is 0.252 e. The van der Waals surface area contributed by atoms with Gasteiger partial charge in [0.2, 0.25) is 5.91 Å². The number of nitrogens with zero attached hydrogens (tertiary/aromatic N) is 3. The van der Waals surface area contributed by atoms with Gasteiger partial charge in [0.05, 0.1) is 17.1 Å². The molecule has 7 heteroatoms. The van der Waals surface area contributed by atoms with Crippen LogP contribution in [0.15, 0.2) is 12.3 Å². The van der Waals surface area contributed by atoms with E-state index in [9.17, 15) is 9.59 Å². The molecule has 1 unspecified atom stereocenters.